The lowest BCUT2D eigenvalue weighted by Gasteiger charge is -1.98. The Labute approximate surface area is 113 Å². The molecule has 0 fully saturated rings. The molecule has 0 unspecified atom stereocenters. The third-order valence-electron chi connectivity index (χ3n) is 2.76. The van der Waals surface area contributed by atoms with Gasteiger partial charge in [-0.25, -0.2) is 0 Å². The molecule has 90 valence electrons. The summed E-state index contributed by atoms with van der Waals surface area (Å²) in [5, 5.41) is 5.45. The van der Waals surface area contributed by atoms with Crippen LogP contribution in [-0.4, -0.2) is 15.6 Å². The monoisotopic (exact) mass is 276 g/mol. The topological polar surface area (TPSA) is 34.9 Å². The van der Waals surface area contributed by atoms with E-state index < -0.39 is 0 Å². The molecule has 0 N–H and O–H groups in total. The van der Waals surface area contributed by atoms with Crippen LogP contribution in [0, 0.1) is 0 Å². The quantitative estimate of drug-likeness (QED) is 0.671. The average molecular weight is 277 g/mol. The molecule has 0 spiro atoms. The Bertz CT molecular complexity index is 692. The van der Waals surface area contributed by atoms with Crippen LogP contribution in [0.15, 0.2) is 36.5 Å². The zero-order valence-corrected chi connectivity index (χ0v) is 11.1. The number of benzene rings is 1. The first-order valence-electron chi connectivity index (χ1n) is 5.37. The number of rotatable bonds is 2. The molecule has 3 aromatic rings. The summed E-state index contributed by atoms with van der Waals surface area (Å²) in [6.07, 6.45) is 1.49. The summed E-state index contributed by atoms with van der Waals surface area (Å²) < 4.78 is 2.61. The van der Waals surface area contributed by atoms with E-state index >= 15 is 0 Å². The standard InChI is InChI=1S/C13H9ClN2OS/c1-16-12(9(14)7-15-16)13(17)11-6-8-4-2-3-5-10(8)18-11/h2-7H,1H3. The van der Waals surface area contributed by atoms with Crippen LogP contribution in [0.3, 0.4) is 0 Å². The van der Waals surface area contributed by atoms with E-state index in [-0.39, 0.29) is 5.78 Å². The van der Waals surface area contributed by atoms with Crippen LogP contribution in [0.5, 0.6) is 0 Å². The Hall–Kier alpha value is -1.65. The van der Waals surface area contributed by atoms with Crippen molar-refractivity contribution in [1.29, 1.82) is 0 Å². The predicted molar refractivity (Wildman–Crippen MR) is 73.5 cm³/mol. The number of hydrogen-bond acceptors (Lipinski definition) is 3. The first kappa shape index (κ1) is 11.4. The van der Waals surface area contributed by atoms with Crippen molar-refractivity contribution in [2.24, 2.45) is 7.05 Å². The first-order chi connectivity index (χ1) is 8.66. The number of ketones is 1. The van der Waals surface area contributed by atoms with Crippen molar-refractivity contribution >= 4 is 38.8 Å². The maximum Gasteiger partial charge on any atom is 0.222 e. The van der Waals surface area contributed by atoms with Crippen LogP contribution in [0.4, 0.5) is 0 Å². The van der Waals surface area contributed by atoms with Gasteiger partial charge in [0.15, 0.2) is 0 Å². The van der Waals surface area contributed by atoms with Gasteiger partial charge in [-0.15, -0.1) is 11.3 Å². The lowest BCUT2D eigenvalue weighted by molar-refractivity contribution is 0.103. The van der Waals surface area contributed by atoms with Gasteiger partial charge in [0.25, 0.3) is 0 Å². The highest BCUT2D eigenvalue weighted by molar-refractivity contribution is 7.21. The molecule has 0 amide bonds. The Morgan fingerprint density at radius 3 is 2.83 bits per heavy atom. The third kappa shape index (κ3) is 1.74. The third-order valence-corrected chi connectivity index (χ3v) is 4.15. The molecule has 18 heavy (non-hydrogen) atoms. The highest BCUT2D eigenvalue weighted by atomic mass is 35.5. The van der Waals surface area contributed by atoms with Crippen LogP contribution in [0.25, 0.3) is 10.1 Å². The molecule has 0 saturated carbocycles. The molecule has 0 bridgehead atoms. The number of fused-ring (bicyclic) bond motifs is 1. The minimum Gasteiger partial charge on any atom is -0.286 e. The summed E-state index contributed by atoms with van der Waals surface area (Å²) in [6.45, 7) is 0. The number of nitrogens with zero attached hydrogens (tertiary/aromatic N) is 2. The van der Waals surface area contributed by atoms with Crippen molar-refractivity contribution < 1.29 is 4.79 Å². The minimum atomic E-state index is -0.0822. The second-order valence-corrected chi connectivity index (χ2v) is 5.43. The molecule has 0 aliphatic rings. The SMILES string of the molecule is Cn1ncc(Cl)c1C(=O)c1cc2ccccc2s1. The summed E-state index contributed by atoms with van der Waals surface area (Å²) >= 11 is 7.46. The number of carbonyl (C=O) groups excluding carboxylic acids is 1. The fourth-order valence-electron chi connectivity index (χ4n) is 1.88. The number of aryl methyl sites for hydroxylation is 1. The summed E-state index contributed by atoms with van der Waals surface area (Å²) in [5.41, 5.74) is 0.434. The molecule has 2 aromatic heterocycles. The van der Waals surface area contributed by atoms with Crippen LogP contribution in [0.2, 0.25) is 5.02 Å². The van der Waals surface area contributed by atoms with Gasteiger partial charge in [0, 0.05) is 11.7 Å². The Morgan fingerprint density at radius 2 is 2.17 bits per heavy atom. The van der Waals surface area contributed by atoms with E-state index in [9.17, 15) is 4.79 Å². The molecule has 0 saturated heterocycles. The smallest absolute Gasteiger partial charge is 0.222 e. The van der Waals surface area contributed by atoms with Gasteiger partial charge >= 0.3 is 0 Å². The fourth-order valence-corrected chi connectivity index (χ4v) is 3.13. The van der Waals surface area contributed by atoms with Crippen molar-refractivity contribution in [3.05, 3.63) is 52.1 Å². The molecule has 3 nitrogen and oxygen atoms in total. The lowest BCUT2D eigenvalue weighted by atomic mass is 10.2. The van der Waals surface area contributed by atoms with E-state index in [0.29, 0.717) is 15.6 Å². The number of halogens is 1. The number of hydrogen-bond donors (Lipinski definition) is 0. The molecule has 3 rings (SSSR count). The summed E-state index contributed by atoms with van der Waals surface area (Å²) in [5.74, 6) is -0.0822. The molecular weight excluding hydrogens is 268 g/mol. The van der Waals surface area contributed by atoms with E-state index in [1.54, 1.807) is 7.05 Å². The Morgan fingerprint density at radius 1 is 1.39 bits per heavy atom. The number of carbonyl (C=O) groups is 1. The van der Waals surface area contributed by atoms with Gasteiger partial charge < -0.3 is 0 Å². The highest BCUT2D eigenvalue weighted by Crippen LogP contribution is 2.28. The fraction of sp³-hybridized carbons (Fsp3) is 0.0769. The van der Waals surface area contributed by atoms with Gasteiger partial charge in [-0.2, -0.15) is 5.10 Å². The van der Waals surface area contributed by atoms with E-state index in [1.807, 2.05) is 30.3 Å². The van der Waals surface area contributed by atoms with Gasteiger partial charge in [-0.3, -0.25) is 9.48 Å². The predicted octanol–water partition coefficient (Wildman–Crippen LogP) is 3.52. The number of aromatic nitrogens is 2. The van der Waals surface area contributed by atoms with Gasteiger partial charge in [-0.1, -0.05) is 29.8 Å². The molecule has 1 aromatic carbocycles. The average Bonchev–Trinajstić information content (AvgIpc) is 2.92. The van der Waals surface area contributed by atoms with E-state index in [2.05, 4.69) is 5.10 Å². The minimum absolute atomic E-state index is 0.0822. The van der Waals surface area contributed by atoms with Gasteiger partial charge in [0.1, 0.15) is 5.69 Å². The maximum absolute atomic E-state index is 12.4. The molecule has 0 radical (unpaired) electrons. The van der Waals surface area contributed by atoms with Gasteiger partial charge in [0.2, 0.25) is 5.78 Å². The van der Waals surface area contributed by atoms with Gasteiger partial charge in [0.05, 0.1) is 16.1 Å². The van der Waals surface area contributed by atoms with E-state index in [0.717, 1.165) is 10.1 Å². The van der Waals surface area contributed by atoms with Crippen molar-refractivity contribution in [1.82, 2.24) is 9.78 Å². The molecule has 5 heteroatoms. The van der Waals surface area contributed by atoms with Gasteiger partial charge in [-0.05, 0) is 17.5 Å². The van der Waals surface area contributed by atoms with E-state index in [1.165, 1.54) is 22.2 Å². The Kier molecular flexibility index (Phi) is 2.69. The number of thiophene rings is 1. The highest BCUT2D eigenvalue weighted by Gasteiger charge is 2.19. The molecule has 0 atom stereocenters. The zero-order valence-electron chi connectivity index (χ0n) is 9.55. The lowest BCUT2D eigenvalue weighted by Crippen LogP contribution is -2.07. The second kappa shape index (κ2) is 4.23. The van der Waals surface area contributed by atoms with Crippen LogP contribution in [-0.2, 0) is 7.05 Å². The first-order valence-corrected chi connectivity index (χ1v) is 6.57. The van der Waals surface area contributed by atoms with E-state index in [4.69, 9.17) is 11.6 Å². The van der Waals surface area contributed by atoms with Crippen LogP contribution >= 0.6 is 22.9 Å². The second-order valence-electron chi connectivity index (χ2n) is 3.94. The Balaban J connectivity index is 2.12. The summed E-state index contributed by atoms with van der Waals surface area (Å²) in [4.78, 5) is 13.1. The molecular formula is C13H9ClN2OS. The summed E-state index contributed by atoms with van der Waals surface area (Å²) in [6, 6.07) is 9.81. The zero-order chi connectivity index (χ0) is 12.7. The largest absolute Gasteiger partial charge is 0.286 e. The van der Waals surface area contributed by atoms with Crippen LogP contribution < -0.4 is 0 Å². The summed E-state index contributed by atoms with van der Waals surface area (Å²) in [7, 11) is 1.71. The molecule has 0 aliphatic carbocycles. The van der Waals surface area contributed by atoms with Crippen molar-refractivity contribution in [2.75, 3.05) is 0 Å². The maximum atomic E-state index is 12.4. The van der Waals surface area contributed by atoms with Crippen molar-refractivity contribution in [2.45, 2.75) is 0 Å². The van der Waals surface area contributed by atoms with Crippen molar-refractivity contribution in [3.8, 4) is 0 Å². The van der Waals surface area contributed by atoms with Crippen molar-refractivity contribution in [3.63, 3.8) is 0 Å². The molecule has 2 heterocycles. The molecule has 0 aliphatic heterocycles. The normalized spacial score (nSPS) is 11.0. The van der Waals surface area contributed by atoms with Crippen LogP contribution in [0.1, 0.15) is 15.4 Å².